The van der Waals surface area contributed by atoms with Crippen molar-refractivity contribution in [3.05, 3.63) is 134 Å². The number of hydrogen-bond donors (Lipinski definition) is 0. The first-order chi connectivity index (χ1) is 20.3. The van der Waals surface area contributed by atoms with E-state index in [1.807, 2.05) is 30.6 Å². The Bertz CT molecular complexity index is 2330. The molecule has 3 heterocycles. The zero-order chi connectivity index (χ0) is 26.9. The van der Waals surface area contributed by atoms with E-state index in [9.17, 15) is 0 Å². The number of furan rings is 1. The summed E-state index contributed by atoms with van der Waals surface area (Å²) >= 11 is 0. The number of fused-ring (bicyclic) bond motifs is 13. The van der Waals surface area contributed by atoms with Gasteiger partial charge in [-0.25, -0.2) is 9.97 Å². The van der Waals surface area contributed by atoms with Crippen LogP contribution in [0.2, 0.25) is 0 Å². The van der Waals surface area contributed by atoms with Crippen LogP contribution in [0.5, 0.6) is 0 Å². The molecule has 0 saturated carbocycles. The standard InChI is InChI=1S/C38H22N2O/c1-2-10-26-25(9-1)27-11-3-4-13-30(27)36-32-16-8-20-39-38(32)40-22-34(36)33-21-23(18-19-28(26)33)24-14-7-15-31-29-12-5-6-17-35(29)41-37(24)31/h1-22H. The molecule has 0 atom stereocenters. The average molecular weight is 523 g/mol. The van der Waals surface area contributed by atoms with Crippen molar-refractivity contribution in [2.45, 2.75) is 0 Å². The average Bonchev–Trinajstić information content (AvgIpc) is 3.42. The van der Waals surface area contributed by atoms with Crippen LogP contribution in [-0.4, -0.2) is 9.97 Å². The van der Waals surface area contributed by atoms with E-state index in [4.69, 9.17) is 9.40 Å². The fourth-order valence-electron chi connectivity index (χ4n) is 6.56. The highest BCUT2D eigenvalue weighted by Crippen LogP contribution is 2.50. The van der Waals surface area contributed by atoms with Crippen molar-refractivity contribution in [2.24, 2.45) is 0 Å². The Morgan fingerprint density at radius 1 is 0.439 bits per heavy atom. The Morgan fingerprint density at radius 3 is 1.95 bits per heavy atom. The second-order valence-corrected chi connectivity index (χ2v) is 10.6. The number of pyridine rings is 2. The van der Waals surface area contributed by atoms with Gasteiger partial charge in [0.15, 0.2) is 5.65 Å². The SMILES string of the molecule is c1ccc2c(c1)-c1ccc(-c3cccc4c3oc3ccccc34)cc1-c1cnc3ncccc3c1-c1ccccc1-2. The van der Waals surface area contributed by atoms with Crippen LogP contribution >= 0.6 is 0 Å². The van der Waals surface area contributed by atoms with Gasteiger partial charge in [-0.15, -0.1) is 0 Å². The third-order valence-corrected chi connectivity index (χ3v) is 8.37. The molecule has 0 N–H and O–H groups in total. The third kappa shape index (κ3) is 3.20. The van der Waals surface area contributed by atoms with Crippen LogP contribution in [0.3, 0.4) is 0 Å². The minimum atomic E-state index is 0.750. The number of aromatic nitrogens is 2. The summed E-state index contributed by atoms with van der Waals surface area (Å²) in [6.45, 7) is 0. The first-order valence-electron chi connectivity index (χ1n) is 13.8. The summed E-state index contributed by atoms with van der Waals surface area (Å²) < 4.78 is 6.44. The van der Waals surface area contributed by atoms with Gasteiger partial charge >= 0.3 is 0 Å². The van der Waals surface area contributed by atoms with E-state index in [2.05, 4.69) is 108 Å². The molecule has 3 aromatic heterocycles. The van der Waals surface area contributed by atoms with Crippen LogP contribution in [0, 0.1) is 0 Å². The highest BCUT2D eigenvalue weighted by molar-refractivity contribution is 6.12. The van der Waals surface area contributed by atoms with E-state index >= 15 is 0 Å². The molecule has 0 amide bonds. The molecule has 9 rings (SSSR count). The Hall–Kier alpha value is -5.54. The number of benzene rings is 5. The number of rotatable bonds is 1. The topological polar surface area (TPSA) is 38.9 Å². The monoisotopic (exact) mass is 522 g/mol. The second kappa shape index (κ2) is 8.48. The molecule has 1 aliphatic carbocycles. The van der Waals surface area contributed by atoms with Crippen molar-refractivity contribution in [3.8, 4) is 55.6 Å². The van der Waals surface area contributed by atoms with E-state index in [0.29, 0.717) is 0 Å². The van der Waals surface area contributed by atoms with E-state index in [1.165, 1.54) is 27.8 Å². The molecule has 1 aliphatic rings. The molecular weight excluding hydrogens is 500 g/mol. The summed E-state index contributed by atoms with van der Waals surface area (Å²) in [5.41, 5.74) is 14.2. The Morgan fingerprint density at radius 2 is 1.10 bits per heavy atom. The largest absolute Gasteiger partial charge is 0.455 e. The molecule has 0 saturated heterocycles. The molecule has 0 unspecified atom stereocenters. The van der Waals surface area contributed by atoms with Crippen molar-refractivity contribution in [3.63, 3.8) is 0 Å². The van der Waals surface area contributed by atoms with Crippen molar-refractivity contribution in [1.82, 2.24) is 9.97 Å². The molecule has 8 aromatic rings. The highest BCUT2D eigenvalue weighted by atomic mass is 16.3. The molecule has 190 valence electrons. The number of hydrogen-bond acceptors (Lipinski definition) is 3. The lowest BCUT2D eigenvalue weighted by molar-refractivity contribution is 0.670. The normalized spacial score (nSPS) is 11.9. The summed E-state index contributed by atoms with van der Waals surface area (Å²) in [7, 11) is 0. The summed E-state index contributed by atoms with van der Waals surface area (Å²) in [4.78, 5) is 9.46. The highest BCUT2D eigenvalue weighted by Gasteiger charge is 2.24. The Kier molecular flexibility index (Phi) is 4.61. The van der Waals surface area contributed by atoms with Gasteiger partial charge in [0.2, 0.25) is 0 Å². The van der Waals surface area contributed by atoms with E-state index in [-0.39, 0.29) is 0 Å². The van der Waals surface area contributed by atoms with Gasteiger partial charge in [0.05, 0.1) is 0 Å². The van der Waals surface area contributed by atoms with Gasteiger partial charge in [0.25, 0.3) is 0 Å². The molecule has 5 aromatic carbocycles. The Labute approximate surface area is 236 Å². The lowest BCUT2D eigenvalue weighted by Gasteiger charge is -2.24. The van der Waals surface area contributed by atoms with E-state index in [1.54, 1.807) is 0 Å². The van der Waals surface area contributed by atoms with Crippen LogP contribution in [0.25, 0.3) is 88.6 Å². The lowest BCUT2D eigenvalue weighted by atomic mass is 9.80. The number of nitrogens with zero attached hydrogens (tertiary/aromatic N) is 2. The summed E-state index contributed by atoms with van der Waals surface area (Å²) in [5, 5.41) is 3.31. The molecule has 0 bridgehead atoms. The van der Waals surface area contributed by atoms with Gasteiger partial charge in [-0.1, -0.05) is 97.1 Å². The summed E-state index contributed by atoms with van der Waals surface area (Å²) in [6.07, 6.45) is 3.81. The first-order valence-corrected chi connectivity index (χ1v) is 13.8. The minimum absolute atomic E-state index is 0.750. The van der Waals surface area contributed by atoms with Crippen molar-refractivity contribution in [1.29, 1.82) is 0 Å². The quantitative estimate of drug-likeness (QED) is 0.215. The first kappa shape index (κ1) is 22.3. The van der Waals surface area contributed by atoms with Crippen molar-refractivity contribution < 1.29 is 4.42 Å². The van der Waals surface area contributed by atoms with Gasteiger partial charge in [-0.2, -0.15) is 0 Å². The van der Waals surface area contributed by atoms with Gasteiger partial charge < -0.3 is 4.42 Å². The Balaban J connectivity index is 1.41. The molecular formula is C38H22N2O. The molecule has 3 nitrogen and oxygen atoms in total. The fourth-order valence-corrected chi connectivity index (χ4v) is 6.56. The van der Waals surface area contributed by atoms with Crippen molar-refractivity contribution in [2.75, 3.05) is 0 Å². The zero-order valence-electron chi connectivity index (χ0n) is 22.0. The lowest BCUT2D eigenvalue weighted by Crippen LogP contribution is -1.99. The molecule has 0 radical (unpaired) electrons. The number of para-hydroxylation sites is 2. The zero-order valence-corrected chi connectivity index (χ0v) is 22.0. The molecule has 0 fully saturated rings. The van der Waals surface area contributed by atoms with Gasteiger partial charge in [-0.05, 0) is 63.2 Å². The maximum atomic E-state index is 6.44. The van der Waals surface area contributed by atoms with Crippen LogP contribution in [0.1, 0.15) is 0 Å². The maximum absolute atomic E-state index is 6.44. The molecule has 0 spiro atoms. The summed E-state index contributed by atoms with van der Waals surface area (Å²) in [6, 6.07) is 43.0. The third-order valence-electron chi connectivity index (χ3n) is 8.37. The van der Waals surface area contributed by atoms with E-state index < -0.39 is 0 Å². The molecule has 0 aliphatic heterocycles. The van der Waals surface area contributed by atoms with Crippen LogP contribution in [-0.2, 0) is 0 Å². The predicted molar refractivity (Wildman–Crippen MR) is 168 cm³/mol. The van der Waals surface area contributed by atoms with Gasteiger partial charge in [0.1, 0.15) is 11.2 Å². The second-order valence-electron chi connectivity index (χ2n) is 10.6. The van der Waals surface area contributed by atoms with Crippen molar-refractivity contribution >= 4 is 33.0 Å². The van der Waals surface area contributed by atoms with E-state index in [0.717, 1.165) is 60.8 Å². The molecule has 3 heteroatoms. The van der Waals surface area contributed by atoms with Crippen LogP contribution < -0.4 is 0 Å². The smallest absolute Gasteiger partial charge is 0.159 e. The fraction of sp³-hybridized carbons (Fsp3) is 0. The predicted octanol–water partition coefficient (Wildman–Crippen LogP) is 10.2. The minimum Gasteiger partial charge on any atom is -0.455 e. The van der Waals surface area contributed by atoms with Gasteiger partial charge in [-0.3, -0.25) is 0 Å². The summed E-state index contributed by atoms with van der Waals surface area (Å²) in [5.74, 6) is 0. The van der Waals surface area contributed by atoms with Gasteiger partial charge in [0, 0.05) is 45.2 Å². The van der Waals surface area contributed by atoms with Crippen LogP contribution in [0.4, 0.5) is 0 Å². The molecule has 41 heavy (non-hydrogen) atoms. The van der Waals surface area contributed by atoms with Crippen LogP contribution in [0.15, 0.2) is 138 Å². The maximum Gasteiger partial charge on any atom is 0.159 e.